The van der Waals surface area contributed by atoms with Gasteiger partial charge in [-0.25, -0.2) is 4.39 Å². The minimum Gasteiger partial charge on any atom is -0.374 e. The van der Waals surface area contributed by atoms with Crippen LogP contribution in [0.15, 0.2) is 18.2 Å². The Bertz CT molecular complexity index is 416. The summed E-state index contributed by atoms with van der Waals surface area (Å²) in [5, 5.41) is 0.170. The Balaban J connectivity index is 2.08. The highest BCUT2D eigenvalue weighted by molar-refractivity contribution is 6.31. The molecule has 1 aromatic rings. The van der Waals surface area contributed by atoms with E-state index < -0.39 is 5.82 Å². The number of hydrogen-bond acceptors (Lipinski definition) is 3. The molecule has 0 saturated carbocycles. The van der Waals surface area contributed by atoms with Crippen LogP contribution in [-0.4, -0.2) is 18.2 Å². The molecule has 0 amide bonds. The number of nitrogens with two attached hydrogens (primary N) is 1. The van der Waals surface area contributed by atoms with Gasteiger partial charge in [0.05, 0.1) is 23.3 Å². The number of hydrogen-bond donors (Lipinski definition) is 2. The summed E-state index contributed by atoms with van der Waals surface area (Å²) in [6, 6.07) is 4.77. The third-order valence-electron chi connectivity index (χ3n) is 3.40. The van der Waals surface area contributed by atoms with E-state index in [9.17, 15) is 4.39 Å². The SMILES string of the molecule is CC1CCC(C(Cc2cccc(F)c2Cl)NN)O1. The monoisotopic (exact) mass is 272 g/mol. The lowest BCUT2D eigenvalue weighted by atomic mass is 9.99. The number of halogens is 2. The molecule has 3 N–H and O–H groups in total. The molecule has 1 aromatic carbocycles. The average molecular weight is 273 g/mol. The largest absolute Gasteiger partial charge is 0.374 e. The van der Waals surface area contributed by atoms with Crippen molar-refractivity contribution in [3.63, 3.8) is 0 Å². The Kier molecular flexibility index (Phi) is 4.56. The van der Waals surface area contributed by atoms with Crippen molar-refractivity contribution in [2.75, 3.05) is 0 Å². The quantitative estimate of drug-likeness (QED) is 0.654. The molecule has 1 fully saturated rings. The Morgan fingerprint density at radius 3 is 2.94 bits per heavy atom. The summed E-state index contributed by atoms with van der Waals surface area (Å²) in [6.45, 7) is 2.04. The minimum absolute atomic E-state index is 0.0470. The fourth-order valence-electron chi connectivity index (χ4n) is 2.37. The van der Waals surface area contributed by atoms with Crippen LogP contribution in [0.1, 0.15) is 25.3 Å². The van der Waals surface area contributed by atoms with E-state index in [-0.39, 0.29) is 23.3 Å². The molecule has 1 saturated heterocycles. The molecule has 1 aliphatic heterocycles. The maximum absolute atomic E-state index is 13.4. The van der Waals surface area contributed by atoms with Gasteiger partial charge < -0.3 is 4.74 Å². The van der Waals surface area contributed by atoms with Crippen molar-refractivity contribution in [3.8, 4) is 0 Å². The maximum Gasteiger partial charge on any atom is 0.142 e. The Labute approximate surface area is 111 Å². The molecule has 0 aliphatic carbocycles. The van der Waals surface area contributed by atoms with Crippen LogP contribution in [0.3, 0.4) is 0 Å². The summed E-state index contributed by atoms with van der Waals surface area (Å²) >= 11 is 5.95. The Hall–Kier alpha value is -0.680. The van der Waals surface area contributed by atoms with Crippen molar-refractivity contribution in [3.05, 3.63) is 34.6 Å². The van der Waals surface area contributed by atoms with Crippen molar-refractivity contribution in [2.24, 2.45) is 5.84 Å². The molecule has 1 heterocycles. The number of hydrazine groups is 1. The predicted molar refractivity (Wildman–Crippen MR) is 69.8 cm³/mol. The number of benzene rings is 1. The van der Waals surface area contributed by atoms with Crippen molar-refractivity contribution >= 4 is 11.6 Å². The van der Waals surface area contributed by atoms with Crippen molar-refractivity contribution in [1.29, 1.82) is 0 Å². The van der Waals surface area contributed by atoms with Gasteiger partial charge in [0.2, 0.25) is 0 Å². The smallest absolute Gasteiger partial charge is 0.142 e. The van der Waals surface area contributed by atoms with E-state index in [4.69, 9.17) is 22.2 Å². The molecule has 100 valence electrons. The van der Waals surface area contributed by atoms with Crippen molar-refractivity contribution < 1.29 is 9.13 Å². The summed E-state index contributed by atoms with van der Waals surface area (Å²) in [5.74, 6) is 5.17. The zero-order valence-electron chi connectivity index (χ0n) is 10.3. The molecule has 1 aliphatic rings. The highest BCUT2D eigenvalue weighted by atomic mass is 35.5. The van der Waals surface area contributed by atoms with Crippen LogP contribution in [0, 0.1) is 5.82 Å². The number of nitrogens with one attached hydrogen (secondary N) is 1. The molecule has 2 rings (SSSR count). The Morgan fingerprint density at radius 1 is 1.56 bits per heavy atom. The first-order chi connectivity index (χ1) is 8.61. The van der Waals surface area contributed by atoms with Crippen LogP contribution in [0.25, 0.3) is 0 Å². The zero-order valence-corrected chi connectivity index (χ0v) is 11.1. The van der Waals surface area contributed by atoms with Gasteiger partial charge in [0, 0.05) is 0 Å². The summed E-state index contributed by atoms with van der Waals surface area (Å²) in [6.07, 6.45) is 2.87. The molecular weight excluding hydrogens is 255 g/mol. The van der Waals surface area contributed by atoms with E-state index in [1.165, 1.54) is 6.07 Å². The summed E-state index contributed by atoms with van der Waals surface area (Å²) < 4.78 is 19.1. The molecule has 3 atom stereocenters. The Morgan fingerprint density at radius 2 is 2.33 bits per heavy atom. The fourth-order valence-corrected chi connectivity index (χ4v) is 2.57. The van der Waals surface area contributed by atoms with E-state index in [0.717, 1.165) is 18.4 Å². The van der Waals surface area contributed by atoms with Crippen molar-refractivity contribution in [2.45, 2.75) is 44.4 Å². The maximum atomic E-state index is 13.4. The first-order valence-corrected chi connectivity index (χ1v) is 6.54. The van der Waals surface area contributed by atoms with Crippen molar-refractivity contribution in [1.82, 2.24) is 5.43 Å². The second-order valence-corrected chi connectivity index (χ2v) is 5.13. The molecular formula is C13H18ClFN2O. The zero-order chi connectivity index (χ0) is 13.1. The third-order valence-corrected chi connectivity index (χ3v) is 3.82. The van der Waals surface area contributed by atoms with Crippen LogP contribution >= 0.6 is 11.6 Å². The van der Waals surface area contributed by atoms with E-state index in [1.807, 2.05) is 13.0 Å². The van der Waals surface area contributed by atoms with Crippen LogP contribution in [0.2, 0.25) is 5.02 Å². The van der Waals surface area contributed by atoms with Crippen LogP contribution in [0.5, 0.6) is 0 Å². The number of ether oxygens (including phenoxy) is 1. The first-order valence-electron chi connectivity index (χ1n) is 6.16. The van der Waals surface area contributed by atoms with Gasteiger partial charge in [0.15, 0.2) is 0 Å². The van der Waals surface area contributed by atoms with Gasteiger partial charge in [-0.2, -0.15) is 0 Å². The standard InChI is InChI=1S/C13H18ClFN2O/c1-8-5-6-12(18-8)11(17-16)7-9-3-2-4-10(15)13(9)14/h2-4,8,11-12,17H,5-7,16H2,1H3. The third kappa shape index (κ3) is 3.01. The molecule has 0 bridgehead atoms. The van der Waals surface area contributed by atoms with Gasteiger partial charge >= 0.3 is 0 Å². The molecule has 18 heavy (non-hydrogen) atoms. The van der Waals surface area contributed by atoms with Gasteiger partial charge in [-0.1, -0.05) is 23.7 Å². The lowest BCUT2D eigenvalue weighted by Crippen LogP contribution is -2.45. The molecule has 5 heteroatoms. The summed E-state index contributed by atoms with van der Waals surface area (Å²) in [5.41, 5.74) is 3.51. The second kappa shape index (κ2) is 5.97. The lowest BCUT2D eigenvalue weighted by Gasteiger charge is -2.23. The van der Waals surface area contributed by atoms with E-state index in [2.05, 4.69) is 5.43 Å². The van der Waals surface area contributed by atoms with E-state index in [1.54, 1.807) is 6.07 Å². The highest BCUT2D eigenvalue weighted by Crippen LogP contribution is 2.26. The van der Waals surface area contributed by atoms with Gasteiger partial charge in [0.1, 0.15) is 5.82 Å². The van der Waals surface area contributed by atoms with Crippen LogP contribution in [0.4, 0.5) is 4.39 Å². The first kappa shape index (κ1) is 13.7. The number of rotatable bonds is 4. The summed E-state index contributed by atoms with van der Waals surface area (Å²) in [7, 11) is 0. The molecule has 3 unspecified atom stereocenters. The van der Waals surface area contributed by atoms with E-state index >= 15 is 0 Å². The van der Waals surface area contributed by atoms with Gasteiger partial charge in [-0.3, -0.25) is 11.3 Å². The molecule has 3 nitrogen and oxygen atoms in total. The summed E-state index contributed by atoms with van der Waals surface area (Å²) in [4.78, 5) is 0. The topological polar surface area (TPSA) is 47.3 Å². The van der Waals surface area contributed by atoms with Crippen LogP contribution < -0.4 is 11.3 Å². The van der Waals surface area contributed by atoms with E-state index in [0.29, 0.717) is 6.42 Å². The van der Waals surface area contributed by atoms with Gasteiger partial charge in [-0.05, 0) is 37.8 Å². The van der Waals surface area contributed by atoms with Gasteiger partial charge in [0.25, 0.3) is 0 Å². The van der Waals surface area contributed by atoms with Crippen LogP contribution in [-0.2, 0) is 11.2 Å². The molecule has 0 aromatic heterocycles. The predicted octanol–water partition coefficient (Wildman–Crippen LogP) is 2.42. The normalized spacial score (nSPS) is 25.3. The minimum atomic E-state index is -0.398. The molecule has 0 spiro atoms. The molecule has 0 radical (unpaired) electrons. The highest BCUT2D eigenvalue weighted by Gasteiger charge is 2.29. The fraction of sp³-hybridized carbons (Fsp3) is 0.538. The average Bonchev–Trinajstić information content (AvgIpc) is 2.78. The lowest BCUT2D eigenvalue weighted by molar-refractivity contribution is 0.0320. The second-order valence-electron chi connectivity index (χ2n) is 4.75. The van der Waals surface area contributed by atoms with Gasteiger partial charge in [-0.15, -0.1) is 0 Å².